The molecular weight excluding hydrogens is 330 g/mol. The minimum absolute atomic E-state index is 0.00567. The van der Waals surface area contributed by atoms with Gasteiger partial charge in [0, 0.05) is 53.5 Å². The Morgan fingerprint density at radius 2 is 2.16 bits per heavy atom. The minimum Gasteiger partial charge on any atom is -0.358 e. The molecule has 1 aromatic carbocycles. The molecule has 4 heteroatoms. The van der Waals surface area contributed by atoms with Crippen molar-refractivity contribution in [3.8, 4) is 0 Å². The summed E-state index contributed by atoms with van der Waals surface area (Å²) in [4.78, 5) is 10.4. The van der Waals surface area contributed by atoms with Gasteiger partial charge in [0.05, 0.1) is 0 Å². The summed E-state index contributed by atoms with van der Waals surface area (Å²) in [5.41, 5.74) is 6.56. The Labute approximate surface area is 154 Å². The van der Waals surface area contributed by atoms with E-state index in [-0.39, 0.29) is 5.41 Å². The van der Waals surface area contributed by atoms with Crippen molar-refractivity contribution in [1.29, 1.82) is 0 Å². The van der Waals surface area contributed by atoms with Crippen molar-refractivity contribution >= 4 is 22.5 Å². The third-order valence-corrected chi connectivity index (χ3v) is 5.62. The van der Waals surface area contributed by atoms with E-state index in [9.17, 15) is 0 Å². The fourth-order valence-electron chi connectivity index (χ4n) is 3.96. The Bertz CT molecular complexity index is 912. The molecule has 0 bridgehead atoms. The fraction of sp³-hybridized carbons (Fsp3) is 0.381. The highest BCUT2D eigenvalue weighted by Gasteiger charge is 2.25. The third kappa shape index (κ3) is 3.07. The standard InChI is InChI=1S/C21H24ClN3/c1-21(2,15-5-4-7-23-12-15)11-14-9-16(22)10-17-18-13-25(3)8-6-19(18)24-20(14)17/h4-5,7,9-10,12,24H,6,8,11,13H2,1-3H3. The average molecular weight is 354 g/mol. The topological polar surface area (TPSA) is 31.9 Å². The number of likely N-dealkylation sites (N-methyl/N-ethyl adjacent to an activating group) is 1. The summed E-state index contributed by atoms with van der Waals surface area (Å²) in [6.45, 7) is 6.63. The lowest BCUT2D eigenvalue weighted by Gasteiger charge is -2.25. The van der Waals surface area contributed by atoms with E-state index in [0.29, 0.717) is 0 Å². The van der Waals surface area contributed by atoms with Gasteiger partial charge < -0.3 is 9.88 Å². The number of halogens is 1. The Hall–Kier alpha value is -1.84. The lowest BCUT2D eigenvalue weighted by Crippen LogP contribution is -2.25. The number of nitrogens with zero attached hydrogens (tertiary/aromatic N) is 2. The summed E-state index contributed by atoms with van der Waals surface area (Å²) < 4.78 is 0. The largest absolute Gasteiger partial charge is 0.358 e. The number of nitrogens with one attached hydrogen (secondary N) is 1. The number of rotatable bonds is 3. The second kappa shape index (κ2) is 6.15. The van der Waals surface area contributed by atoms with Gasteiger partial charge in [-0.05, 0) is 53.8 Å². The zero-order chi connectivity index (χ0) is 17.6. The van der Waals surface area contributed by atoms with Gasteiger partial charge in [0.1, 0.15) is 0 Å². The van der Waals surface area contributed by atoms with Gasteiger partial charge in [0.2, 0.25) is 0 Å². The van der Waals surface area contributed by atoms with Gasteiger partial charge >= 0.3 is 0 Å². The summed E-state index contributed by atoms with van der Waals surface area (Å²) in [5.74, 6) is 0. The number of benzene rings is 1. The van der Waals surface area contributed by atoms with Crippen LogP contribution in [0.4, 0.5) is 0 Å². The van der Waals surface area contributed by atoms with Crippen molar-refractivity contribution in [2.45, 2.75) is 38.6 Å². The van der Waals surface area contributed by atoms with Crippen LogP contribution in [0, 0.1) is 0 Å². The van der Waals surface area contributed by atoms with Crippen molar-refractivity contribution in [2.75, 3.05) is 13.6 Å². The van der Waals surface area contributed by atoms with Crippen LogP contribution in [0.3, 0.4) is 0 Å². The lowest BCUT2D eigenvalue weighted by atomic mass is 9.79. The minimum atomic E-state index is -0.00567. The summed E-state index contributed by atoms with van der Waals surface area (Å²) in [6, 6.07) is 8.40. The maximum absolute atomic E-state index is 6.49. The number of aromatic amines is 1. The van der Waals surface area contributed by atoms with Gasteiger partial charge in [0.25, 0.3) is 0 Å². The quantitative estimate of drug-likeness (QED) is 0.738. The van der Waals surface area contributed by atoms with Gasteiger partial charge in [-0.15, -0.1) is 0 Å². The third-order valence-electron chi connectivity index (χ3n) is 5.40. The monoisotopic (exact) mass is 353 g/mol. The second-order valence-electron chi connectivity index (χ2n) is 7.86. The molecule has 1 aliphatic rings. The molecular formula is C21H24ClN3. The zero-order valence-electron chi connectivity index (χ0n) is 15.1. The SMILES string of the molecule is CN1CCc2[nH]c3c(CC(C)(C)c4cccnc4)cc(Cl)cc3c2C1. The van der Waals surface area contributed by atoms with Crippen molar-refractivity contribution in [3.63, 3.8) is 0 Å². The highest BCUT2D eigenvalue weighted by Crippen LogP contribution is 2.35. The maximum Gasteiger partial charge on any atom is 0.0493 e. The first-order valence-corrected chi connectivity index (χ1v) is 9.23. The molecule has 0 saturated heterocycles. The van der Waals surface area contributed by atoms with Crippen LogP contribution in [-0.2, 0) is 24.8 Å². The van der Waals surface area contributed by atoms with Crippen molar-refractivity contribution < 1.29 is 0 Å². The summed E-state index contributed by atoms with van der Waals surface area (Å²) in [7, 11) is 2.18. The molecule has 3 nitrogen and oxygen atoms in total. The Kier molecular flexibility index (Phi) is 4.09. The number of H-pyrrole nitrogens is 1. The van der Waals surface area contributed by atoms with Gasteiger partial charge in [-0.2, -0.15) is 0 Å². The first kappa shape index (κ1) is 16.6. The molecule has 1 N–H and O–H groups in total. The maximum atomic E-state index is 6.49. The second-order valence-corrected chi connectivity index (χ2v) is 8.30. The Morgan fingerprint density at radius 1 is 1.32 bits per heavy atom. The van der Waals surface area contributed by atoms with Crippen LogP contribution in [0.5, 0.6) is 0 Å². The van der Waals surface area contributed by atoms with Crippen molar-refractivity contribution in [1.82, 2.24) is 14.9 Å². The Morgan fingerprint density at radius 3 is 2.92 bits per heavy atom. The molecule has 0 saturated carbocycles. The molecule has 0 amide bonds. The van der Waals surface area contributed by atoms with E-state index in [1.165, 1.54) is 33.3 Å². The lowest BCUT2D eigenvalue weighted by molar-refractivity contribution is 0.313. The molecule has 3 heterocycles. The number of hydrogen-bond donors (Lipinski definition) is 1. The highest BCUT2D eigenvalue weighted by molar-refractivity contribution is 6.31. The van der Waals surface area contributed by atoms with Crippen LogP contribution in [0.15, 0.2) is 36.7 Å². The molecule has 0 fully saturated rings. The molecule has 0 radical (unpaired) electrons. The first-order valence-electron chi connectivity index (χ1n) is 8.85. The molecule has 0 unspecified atom stereocenters. The van der Waals surface area contributed by atoms with Gasteiger partial charge in [0.15, 0.2) is 0 Å². The van der Waals surface area contributed by atoms with Crippen LogP contribution < -0.4 is 0 Å². The molecule has 0 atom stereocenters. The van der Waals surface area contributed by atoms with Crippen LogP contribution in [0.2, 0.25) is 5.02 Å². The number of aromatic nitrogens is 2. The number of hydrogen-bond acceptors (Lipinski definition) is 2. The van der Waals surface area contributed by atoms with Crippen LogP contribution >= 0.6 is 11.6 Å². The van der Waals surface area contributed by atoms with Gasteiger partial charge in [-0.1, -0.05) is 31.5 Å². The van der Waals surface area contributed by atoms with E-state index in [1.807, 2.05) is 18.5 Å². The van der Waals surface area contributed by atoms with E-state index in [1.54, 1.807) is 0 Å². The summed E-state index contributed by atoms with van der Waals surface area (Å²) in [6.07, 6.45) is 5.79. The molecule has 130 valence electrons. The van der Waals surface area contributed by atoms with Crippen LogP contribution in [0.25, 0.3) is 10.9 Å². The molecule has 4 rings (SSSR count). The van der Waals surface area contributed by atoms with E-state index in [2.05, 4.69) is 54.0 Å². The van der Waals surface area contributed by atoms with Crippen LogP contribution in [0.1, 0.15) is 36.2 Å². The zero-order valence-corrected chi connectivity index (χ0v) is 15.8. The fourth-order valence-corrected chi connectivity index (χ4v) is 4.20. The molecule has 25 heavy (non-hydrogen) atoms. The predicted molar refractivity (Wildman–Crippen MR) is 104 cm³/mol. The van der Waals surface area contributed by atoms with Gasteiger partial charge in [-0.3, -0.25) is 4.98 Å². The molecule has 1 aliphatic heterocycles. The predicted octanol–water partition coefficient (Wildman–Crippen LogP) is 4.72. The summed E-state index contributed by atoms with van der Waals surface area (Å²) >= 11 is 6.49. The van der Waals surface area contributed by atoms with E-state index < -0.39 is 0 Å². The number of fused-ring (bicyclic) bond motifs is 3. The summed E-state index contributed by atoms with van der Waals surface area (Å²) in [5, 5.41) is 2.10. The van der Waals surface area contributed by atoms with Gasteiger partial charge in [-0.25, -0.2) is 0 Å². The Balaban J connectivity index is 1.80. The molecule has 0 aliphatic carbocycles. The highest BCUT2D eigenvalue weighted by atomic mass is 35.5. The van der Waals surface area contributed by atoms with E-state index in [0.717, 1.165) is 31.0 Å². The van der Waals surface area contributed by atoms with Crippen LogP contribution in [-0.4, -0.2) is 28.5 Å². The molecule has 3 aromatic rings. The molecule has 0 spiro atoms. The molecule has 2 aromatic heterocycles. The normalized spacial score (nSPS) is 15.5. The van der Waals surface area contributed by atoms with Crippen molar-refractivity contribution in [3.05, 3.63) is 64.1 Å². The van der Waals surface area contributed by atoms with E-state index >= 15 is 0 Å². The first-order chi connectivity index (χ1) is 11.9. The smallest absolute Gasteiger partial charge is 0.0493 e. The van der Waals surface area contributed by atoms with E-state index in [4.69, 9.17) is 11.6 Å². The average Bonchev–Trinajstić information content (AvgIpc) is 2.93. The number of pyridine rings is 1. The van der Waals surface area contributed by atoms with Crippen molar-refractivity contribution in [2.24, 2.45) is 0 Å².